The first kappa shape index (κ1) is 13.9. The zero-order valence-electron chi connectivity index (χ0n) is 12.4. The van der Waals surface area contributed by atoms with Gasteiger partial charge in [0.2, 0.25) is 0 Å². The molecule has 21 heavy (non-hydrogen) atoms. The number of hydrogen-bond donors (Lipinski definition) is 2. The molecular weight excluding hydrogens is 256 g/mol. The molecule has 1 aliphatic carbocycles. The van der Waals surface area contributed by atoms with Crippen LogP contribution in [0.3, 0.4) is 0 Å². The third kappa shape index (κ3) is 2.72. The molecule has 1 unspecified atom stereocenters. The highest BCUT2D eigenvalue weighted by Gasteiger charge is 2.18. The van der Waals surface area contributed by atoms with Gasteiger partial charge in [0.15, 0.2) is 0 Å². The van der Waals surface area contributed by atoms with Crippen molar-refractivity contribution in [2.75, 3.05) is 13.1 Å². The molecule has 108 valence electrons. The van der Waals surface area contributed by atoms with Crippen LogP contribution in [0.5, 0.6) is 0 Å². The Morgan fingerprint density at radius 3 is 3.00 bits per heavy atom. The summed E-state index contributed by atoms with van der Waals surface area (Å²) in [5, 5.41) is 4.77. The summed E-state index contributed by atoms with van der Waals surface area (Å²) in [5.41, 5.74) is 5.51. The summed E-state index contributed by atoms with van der Waals surface area (Å²) in [6.45, 7) is 9.46. The van der Waals surface area contributed by atoms with Gasteiger partial charge < -0.3 is 10.3 Å². The molecule has 1 heterocycles. The van der Waals surface area contributed by atoms with Crippen molar-refractivity contribution in [2.24, 2.45) is 5.92 Å². The molecule has 3 rings (SSSR count). The standard InChI is InChI=1S/C19H22N2/c1-3-10-20-12-14(4-2)11-15-8-9-16-13-21-18-7-5-6-17(15)19(16)18/h3-7,11,13-14,20-21H,1-2,8-10,12H2/b15-11+. The lowest BCUT2D eigenvalue weighted by Crippen LogP contribution is -2.20. The molecule has 0 saturated heterocycles. The third-order valence-corrected chi connectivity index (χ3v) is 4.18. The van der Waals surface area contributed by atoms with Gasteiger partial charge in [0.1, 0.15) is 0 Å². The van der Waals surface area contributed by atoms with Gasteiger partial charge in [-0.05, 0) is 35.6 Å². The van der Waals surface area contributed by atoms with Gasteiger partial charge >= 0.3 is 0 Å². The maximum atomic E-state index is 3.97. The van der Waals surface area contributed by atoms with Crippen molar-refractivity contribution in [1.82, 2.24) is 10.3 Å². The molecule has 0 fully saturated rings. The highest BCUT2D eigenvalue weighted by atomic mass is 14.8. The maximum Gasteiger partial charge on any atom is 0.0462 e. The van der Waals surface area contributed by atoms with Crippen molar-refractivity contribution in [3.05, 3.63) is 66.9 Å². The Labute approximate surface area is 126 Å². The minimum atomic E-state index is 0.357. The Morgan fingerprint density at radius 1 is 1.29 bits per heavy atom. The highest BCUT2D eigenvalue weighted by molar-refractivity contribution is 5.96. The second kappa shape index (κ2) is 6.15. The molecule has 0 radical (unpaired) electrons. The number of aromatic nitrogens is 1. The fraction of sp³-hybridized carbons (Fsp3) is 0.263. The fourth-order valence-corrected chi connectivity index (χ4v) is 3.12. The molecule has 0 spiro atoms. The smallest absolute Gasteiger partial charge is 0.0462 e. The Hall–Kier alpha value is -2.06. The van der Waals surface area contributed by atoms with Crippen LogP contribution in [0.15, 0.2) is 55.8 Å². The van der Waals surface area contributed by atoms with Gasteiger partial charge in [-0.1, -0.05) is 30.4 Å². The van der Waals surface area contributed by atoms with Gasteiger partial charge in [0, 0.05) is 36.1 Å². The Bertz CT molecular complexity index is 691. The molecule has 0 amide bonds. The first-order chi connectivity index (χ1) is 10.3. The summed E-state index contributed by atoms with van der Waals surface area (Å²) < 4.78 is 0. The summed E-state index contributed by atoms with van der Waals surface area (Å²) in [6, 6.07) is 6.53. The van der Waals surface area contributed by atoms with Crippen LogP contribution >= 0.6 is 0 Å². The van der Waals surface area contributed by atoms with E-state index in [2.05, 4.69) is 53.9 Å². The molecule has 2 nitrogen and oxygen atoms in total. The van der Waals surface area contributed by atoms with Crippen molar-refractivity contribution in [1.29, 1.82) is 0 Å². The highest BCUT2D eigenvalue weighted by Crippen LogP contribution is 2.36. The number of hydrogen-bond acceptors (Lipinski definition) is 1. The third-order valence-electron chi connectivity index (χ3n) is 4.18. The predicted molar refractivity (Wildman–Crippen MR) is 91.4 cm³/mol. The number of nitrogens with one attached hydrogen (secondary N) is 2. The van der Waals surface area contributed by atoms with Crippen LogP contribution in [0.4, 0.5) is 0 Å². The van der Waals surface area contributed by atoms with E-state index in [0.29, 0.717) is 5.92 Å². The normalized spacial score (nSPS) is 17.0. The molecule has 1 atom stereocenters. The molecular formula is C19H22N2. The van der Waals surface area contributed by atoms with Gasteiger partial charge in [0.25, 0.3) is 0 Å². The van der Waals surface area contributed by atoms with E-state index < -0.39 is 0 Å². The summed E-state index contributed by atoms with van der Waals surface area (Å²) in [5.74, 6) is 0.357. The first-order valence-corrected chi connectivity index (χ1v) is 7.57. The largest absolute Gasteiger partial charge is 0.361 e. The minimum absolute atomic E-state index is 0.357. The SMILES string of the molecule is C=CCNCC(C=C)/C=C1\CCc2c[nH]c3cccc1c23. The average Bonchev–Trinajstić information content (AvgIpc) is 2.94. The Balaban J connectivity index is 1.91. The molecule has 1 aliphatic rings. The number of H-pyrrole nitrogens is 1. The van der Waals surface area contributed by atoms with Crippen molar-refractivity contribution in [3.8, 4) is 0 Å². The van der Waals surface area contributed by atoms with E-state index in [4.69, 9.17) is 0 Å². The van der Waals surface area contributed by atoms with Crippen LogP contribution in [-0.2, 0) is 6.42 Å². The average molecular weight is 278 g/mol. The number of aryl methyl sites for hydroxylation is 1. The number of aromatic amines is 1. The predicted octanol–water partition coefficient (Wildman–Crippen LogP) is 4.08. The molecule has 1 aromatic heterocycles. The Kier molecular flexibility index (Phi) is 4.07. The Morgan fingerprint density at radius 2 is 2.19 bits per heavy atom. The van der Waals surface area contributed by atoms with Crippen molar-refractivity contribution in [3.63, 3.8) is 0 Å². The van der Waals surface area contributed by atoms with Gasteiger partial charge in [0.05, 0.1) is 0 Å². The van der Waals surface area contributed by atoms with E-state index >= 15 is 0 Å². The van der Waals surface area contributed by atoms with Crippen LogP contribution in [0.2, 0.25) is 0 Å². The van der Waals surface area contributed by atoms with Crippen molar-refractivity contribution in [2.45, 2.75) is 12.8 Å². The van der Waals surface area contributed by atoms with E-state index in [1.807, 2.05) is 12.2 Å². The van der Waals surface area contributed by atoms with E-state index in [9.17, 15) is 0 Å². The summed E-state index contributed by atoms with van der Waals surface area (Å²) in [4.78, 5) is 3.38. The van der Waals surface area contributed by atoms with Crippen molar-refractivity contribution >= 4 is 16.5 Å². The maximum absolute atomic E-state index is 3.97. The van der Waals surface area contributed by atoms with Crippen LogP contribution < -0.4 is 5.32 Å². The van der Waals surface area contributed by atoms with Gasteiger partial charge in [-0.2, -0.15) is 0 Å². The van der Waals surface area contributed by atoms with E-state index in [1.165, 1.54) is 27.6 Å². The molecule has 2 N–H and O–H groups in total. The van der Waals surface area contributed by atoms with Crippen LogP contribution in [-0.4, -0.2) is 18.1 Å². The topological polar surface area (TPSA) is 27.8 Å². The lowest BCUT2D eigenvalue weighted by atomic mass is 9.86. The van der Waals surface area contributed by atoms with Gasteiger partial charge in [-0.15, -0.1) is 13.2 Å². The lowest BCUT2D eigenvalue weighted by Gasteiger charge is -2.18. The van der Waals surface area contributed by atoms with Crippen LogP contribution in [0.1, 0.15) is 17.5 Å². The van der Waals surface area contributed by atoms with E-state index in [-0.39, 0.29) is 0 Å². The zero-order chi connectivity index (χ0) is 14.7. The van der Waals surface area contributed by atoms with Gasteiger partial charge in [-0.25, -0.2) is 0 Å². The van der Waals surface area contributed by atoms with E-state index in [1.54, 1.807) is 0 Å². The molecule has 0 saturated carbocycles. The number of allylic oxidation sites excluding steroid dienone is 1. The lowest BCUT2D eigenvalue weighted by molar-refractivity contribution is 0.671. The quantitative estimate of drug-likeness (QED) is 0.605. The number of benzene rings is 1. The second-order valence-electron chi connectivity index (χ2n) is 5.58. The summed E-state index contributed by atoms with van der Waals surface area (Å²) >= 11 is 0. The van der Waals surface area contributed by atoms with Crippen molar-refractivity contribution < 1.29 is 0 Å². The molecule has 2 heteroatoms. The second-order valence-corrected chi connectivity index (χ2v) is 5.58. The minimum Gasteiger partial charge on any atom is -0.361 e. The molecule has 0 aliphatic heterocycles. The molecule has 0 bridgehead atoms. The van der Waals surface area contributed by atoms with Crippen LogP contribution in [0, 0.1) is 5.92 Å². The fourth-order valence-electron chi connectivity index (χ4n) is 3.12. The van der Waals surface area contributed by atoms with Gasteiger partial charge in [-0.3, -0.25) is 0 Å². The first-order valence-electron chi connectivity index (χ1n) is 7.57. The summed E-state index contributed by atoms with van der Waals surface area (Å²) in [6.07, 6.45) is 10.7. The number of rotatable bonds is 6. The van der Waals surface area contributed by atoms with E-state index in [0.717, 1.165) is 25.9 Å². The monoisotopic (exact) mass is 278 g/mol. The molecule has 1 aromatic carbocycles. The van der Waals surface area contributed by atoms with Crippen LogP contribution in [0.25, 0.3) is 16.5 Å². The summed E-state index contributed by atoms with van der Waals surface area (Å²) in [7, 11) is 0. The molecule has 2 aromatic rings. The zero-order valence-corrected chi connectivity index (χ0v) is 12.4.